The van der Waals surface area contributed by atoms with Crippen molar-refractivity contribution in [3.8, 4) is 6.07 Å². The van der Waals surface area contributed by atoms with Crippen molar-refractivity contribution in [2.75, 3.05) is 0 Å². The first-order valence-electron chi connectivity index (χ1n) is 7.85. The van der Waals surface area contributed by atoms with Crippen LogP contribution in [-0.4, -0.2) is 22.1 Å². The molecule has 2 bridgehead atoms. The molecule has 0 saturated carbocycles. The zero-order valence-electron chi connectivity index (χ0n) is 13.3. The molecule has 0 amide bonds. The first-order chi connectivity index (χ1) is 10.4. The Kier molecular flexibility index (Phi) is 4.09. The zero-order chi connectivity index (χ0) is 16.0. The molecule has 2 saturated heterocycles. The van der Waals surface area contributed by atoms with Crippen molar-refractivity contribution >= 4 is 15.9 Å². The van der Waals surface area contributed by atoms with Crippen LogP contribution in [0.4, 0.5) is 0 Å². The highest BCUT2D eigenvalue weighted by molar-refractivity contribution is 9.09. The summed E-state index contributed by atoms with van der Waals surface area (Å²) in [7, 11) is 0. The maximum Gasteiger partial charge on any atom is 0.0995 e. The Bertz CT molecular complexity index is 611. The predicted octanol–water partition coefficient (Wildman–Crippen LogP) is 4.18. The van der Waals surface area contributed by atoms with Gasteiger partial charge in [0.25, 0.3) is 0 Å². The summed E-state index contributed by atoms with van der Waals surface area (Å²) < 4.78 is 12.6. The third-order valence-electron chi connectivity index (χ3n) is 5.28. The molecule has 4 atom stereocenters. The monoisotopic (exact) mass is 363 g/mol. The van der Waals surface area contributed by atoms with Crippen molar-refractivity contribution < 1.29 is 9.47 Å². The van der Waals surface area contributed by atoms with Gasteiger partial charge in [-0.1, -0.05) is 48.0 Å². The highest BCUT2D eigenvalue weighted by Gasteiger charge is 2.65. The fourth-order valence-electron chi connectivity index (χ4n) is 3.84. The molecule has 3 rings (SSSR count). The minimum Gasteiger partial charge on any atom is -0.370 e. The Morgan fingerprint density at radius 1 is 1.41 bits per heavy atom. The molecule has 1 aromatic carbocycles. The molecular formula is C18H22BrNO2. The van der Waals surface area contributed by atoms with E-state index in [0.29, 0.717) is 22.9 Å². The van der Waals surface area contributed by atoms with Gasteiger partial charge in [0.15, 0.2) is 0 Å². The van der Waals surface area contributed by atoms with Gasteiger partial charge in [0.2, 0.25) is 0 Å². The van der Waals surface area contributed by atoms with Gasteiger partial charge in [-0.25, -0.2) is 0 Å². The molecular weight excluding hydrogens is 342 g/mol. The maximum absolute atomic E-state index is 9.18. The van der Waals surface area contributed by atoms with E-state index in [2.05, 4.69) is 42.8 Å². The number of nitrogens with zero attached hydrogens (tertiary/aromatic N) is 1. The van der Waals surface area contributed by atoms with Gasteiger partial charge < -0.3 is 9.47 Å². The fraction of sp³-hybridized carbons (Fsp3) is 0.611. The Labute approximate surface area is 140 Å². The number of benzene rings is 1. The number of hydrogen-bond acceptors (Lipinski definition) is 3. The van der Waals surface area contributed by atoms with Crippen molar-refractivity contribution in [1.82, 2.24) is 0 Å². The van der Waals surface area contributed by atoms with Gasteiger partial charge in [-0.15, -0.1) is 0 Å². The van der Waals surface area contributed by atoms with Gasteiger partial charge in [0, 0.05) is 11.2 Å². The largest absolute Gasteiger partial charge is 0.370 e. The van der Waals surface area contributed by atoms with Crippen LogP contribution in [0.5, 0.6) is 0 Å². The van der Waals surface area contributed by atoms with Crippen LogP contribution < -0.4 is 0 Å². The summed E-state index contributed by atoms with van der Waals surface area (Å²) in [6.07, 6.45) is 1.96. The molecule has 3 nitrogen and oxygen atoms in total. The molecule has 0 unspecified atom stereocenters. The molecule has 0 aromatic heterocycles. The van der Waals surface area contributed by atoms with E-state index in [0.717, 1.165) is 18.4 Å². The Morgan fingerprint density at radius 2 is 2.14 bits per heavy atom. The third-order valence-corrected chi connectivity index (χ3v) is 6.38. The molecule has 0 spiro atoms. The maximum atomic E-state index is 9.18. The predicted molar refractivity (Wildman–Crippen MR) is 88.7 cm³/mol. The number of nitriles is 1. The van der Waals surface area contributed by atoms with Gasteiger partial charge in [-0.05, 0) is 30.9 Å². The van der Waals surface area contributed by atoms with E-state index in [1.807, 2.05) is 24.3 Å². The summed E-state index contributed by atoms with van der Waals surface area (Å²) in [5.74, 6) is 0.443. The van der Waals surface area contributed by atoms with Crippen LogP contribution >= 0.6 is 15.9 Å². The van der Waals surface area contributed by atoms with Crippen LogP contribution in [0.15, 0.2) is 24.3 Å². The van der Waals surface area contributed by atoms with E-state index < -0.39 is 0 Å². The van der Waals surface area contributed by atoms with Crippen LogP contribution in [0.2, 0.25) is 0 Å². The van der Waals surface area contributed by atoms with E-state index >= 15 is 0 Å². The Morgan fingerprint density at radius 3 is 2.77 bits per heavy atom. The molecule has 0 N–H and O–H groups in total. The first kappa shape index (κ1) is 16.0. The molecule has 2 aliphatic rings. The van der Waals surface area contributed by atoms with E-state index in [-0.39, 0.29) is 17.3 Å². The fourth-order valence-corrected chi connectivity index (χ4v) is 5.29. The number of ether oxygens (including phenoxy) is 2. The standard InChI is InChI=1S/C18H22BrNO2/c1-12(2)18-9-16(17(3,22-18)8-15(18)19)21-11-14-7-5-4-6-13(14)10-20/h4-7,12,15-16H,8-9,11H2,1-3H3/t15-,16+,17-,18+/m0/s1. The highest BCUT2D eigenvalue weighted by atomic mass is 79.9. The molecule has 0 radical (unpaired) electrons. The number of rotatable bonds is 4. The van der Waals surface area contributed by atoms with E-state index in [9.17, 15) is 5.26 Å². The topological polar surface area (TPSA) is 42.2 Å². The lowest BCUT2D eigenvalue weighted by atomic mass is 9.75. The molecule has 2 fully saturated rings. The molecule has 2 heterocycles. The lowest BCUT2D eigenvalue weighted by Gasteiger charge is -2.35. The first-order valence-corrected chi connectivity index (χ1v) is 8.77. The van der Waals surface area contributed by atoms with Crippen LogP contribution in [0.25, 0.3) is 0 Å². The zero-order valence-corrected chi connectivity index (χ0v) is 14.9. The van der Waals surface area contributed by atoms with Crippen molar-refractivity contribution in [3.63, 3.8) is 0 Å². The van der Waals surface area contributed by atoms with Gasteiger partial charge in [0.1, 0.15) is 0 Å². The van der Waals surface area contributed by atoms with Crippen LogP contribution in [0.1, 0.15) is 44.7 Å². The van der Waals surface area contributed by atoms with Crippen molar-refractivity contribution in [2.45, 2.75) is 62.4 Å². The number of fused-ring (bicyclic) bond motifs is 2. The summed E-state index contributed by atoms with van der Waals surface area (Å²) in [5.41, 5.74) is 1.27. The quantitative estimate of drug-likeness (QED) is 0.753. The molecule has 22 heavy (non-hydrogen) atoms. The van der Waals surface area contributed by atoms with Crippen molar-refractivity contribution in [1.29, 1.82) is 5.26 Å². The molecule has 118 valence electrons. The number of hydrogen-bond donors (Lipinski definition) is 0. The van der Waals surface area contributed by atoms with Gasteiger partial charge in [0.05, 0.1) is 35.5 Å². The van der Waals surface area contributed by atoms with Crippen molar-refractivity contribution in [3.05, 3.63) is 35.4 Å². The lowest BCUT2D eigenvalue weighted by Crippen LogP contribution is -2.44. The summed E-state index contributed by atoms with van der Waals surface area (Å²) >= 11 is 3.81. The van der Waals surface area contributed by atoms with Crippen molar-refractivity contribution in [2.24, 2.45) is 5.92 Å². The highest BCUT2D eigenvalue weighted by Crippen LogP contribution is 2.57. The normalized spacial score (nSPS) is 36.7. The SMILES string of the molecule is CC(C)[C@]12C[C@@H](OCc3ccccc3C#N)[C@](C)(C[C@@H]1Br)O2. The minimum atomic E-state index is -0.236. The van der Waals surface area contributed by atoms with Crippen LogP contribution in [0, 0.1) is 17.2 Å². The van der Waals surface area contributed by atoms with Gasteiger partial charge in [-0.3, -0.25) is 0 Å². The summed E-state index contributed by atoms with van der Waals surface area (Å²) in [6, 6.07) is 9.85. The van der Waals surface area contributed by atoms with E-state index in [1.54, 1.807) is 0 Å². The Balaban J connectivity index is 1.74. The second-order valence-electron chi connectivity index (χ2n) is 6.97. The molecule has 2 aliphatic heterocycles. The van der Waals surface area contributed by atoms with Gasteiger partial charge >= 0.3 is 0 Å². The second-order valence-corrected chi connectivity index (χ2v) is 8.07. The summed E-state index contributed by atoms with van der Waals surface area (Å²) in [6.45, 7) is 7.05. The average Bonchev–Trinajstić information content (AvgIpc) is 2.93. The van der Waals surface area contributed by atoms with Crippen LogP contribution in [-0.2, 0) is 16.1 Å². The minimum absolute atomic E-state index is 0.0791. The van der Waals surface area contributed by atoms with E-state index in [4.69, 9.17) is 9.47 Å². The molecule has 0 aliphatic carbocycles. The molecule has 1 aromatic rings. The number of halogens is 1. The number of alkyl halides is 1. The second kappa shape index (κ2) is 5.63. The molecule has 4 heteroatoms. The van der Waals surface area contributed by atoms with Gasteiger partial charge in [-0.2, -0.15) is 5.26 Å². The average molecular weight is 364 g/mol. The summed E-state index contributed by atoms with van der Waals surface area (Å²) in [5, 5.41) is 9.18. The Hall–Kier alpha value is -0.890. The summed E-state index contributed by atoms with van der Waals surface area (Å²) in [4.78, 5) is 0.385. The third kappa shape index (κ3) is 2.40. The van der Waals surface area contributed by atoms with Crippen LogP contribution in [0.3, 0.4) is 0 Å². The van der Waals surface area contributed by atoms with E-state index in [1.165, 1.54) is 0 Å². The lowest BCUT2D eigenvalue weighted by molar-refractivity contribution is -0.0955. The smallest absolute Gasteiger partial charge is 0.0995 e.